The molecule has 1 N–H and O–H groups in total. The molecule has 0 aliphatic heterocycles. The first-order chi connectivity index (χ1) is 12.0. The molecule has 3 rings (SSSR count). The summed E-state index contributed by atoms with van der Waals surface area (Å²) in [6.45, 7) is 0. The highest BCUT2D eigenvalue weighted by atomic mass is 79.9. The zero-order valence-electron chi connectivity index (χ0n) is 12.5. The Hall–Kier alpha value is -2.69. The number of nitrogens with zero attached hydrogens (tertiary/aromatic N) is 3. The molecule has 8 heteroatoms. The van der Waals surface area contributed by atoms with Gasteiger partial charge in [0.05, 0.1) is 16.3 Å². The molecule has 0 bridgehead atoms. The first-order valence-electron chi connectivity index (χ1n) is 7.01. The van der Waals surface area contributed by atoms with Crippen molar-refractivity contribution in [2.24, 2.45) is 0 Å². The fourth-order valence-electron chi connectivity index (χ4n) is 2.20. The molecule has 124 valence electrons. The van der Waals surface area contributed by atoms with E-state index >= 15 is 0 Å². The number of para-hydroxylation sites is 1. The molecule has 0 spiro atoms. The molecule has 0 aliphatic carbocycles. The van der Waals surface area contributed by atoms with E-state index in [4.69, 9.17) is 16.9 Å². The van der Waals surface area contributed by atoms with E-state index < -0.39 is 11.7 Å². The Morgan fingerprint density at radius 1 is 1.28 bits per heavy atom. The lowest BCUT2D eigenvalue weighted by Gasteiger charge is -2.10. The number of halogens is 3. The first kappa shape index (κ1) is 17.1. The number of rotatable bonds is 3. The van der Waals surface area contributed by atoms with Gasteiger partial charge >= 0.3 is 0 Å². The number of carbonyl (C=O) groups is 1. The normalized spacial score (nSPS) is 10.3. The van der Waals surface area contributed by atoms with Crippen molar-refractivity contribution in [1.29, 1.82) is 5.26 Å². The largest absolute Gasteiger partial charge is 0.306 e. The second-order valence-corrected chi connectivity index (χ2v) is 6.27. The van der Waals surface area contributed by atoms with Gasteiger partial charge in [-0.15, -0.1) is 0 Å². The Kier molecular flexibility index (Phi) is 4.83. The maximum absolute atomic E-state index is 13.7. The van der Waals surface area contributed by atoms with E-state index in [0.29, 0.717) is 10.2 Å². The van der Waals surface area contributed by atoms with Crippen LogP contribution >= 0.6 is 27.5 Å². The number of carbonyl (C=O) groups excluding carboxylic acids is 1. The number of hydrogen-bond acceptors (Lipinski definition) is 3. The van der Waals surface area contributed by atoms with Crippen LogP contribution in [0.3, 0.4) is 0 Å². The Morgan fingerprint density at radius 3 is 2.68 bits per heavy atom. The Balaban J connectivity index is 2.00. The average molecular weight is 420 g/mol. The monoisotopic (exact) mass is 418 g/mol. The van der Waals surface area contributed by atoms with Gasteiger partial charge in [0, 0.05) is 10.5 Å². The Bertz CT molecular complexity index is 998. The van der Waals surface area contributed by atoms with Crippen LogP contribution in [0.15, 0.2) is 53.0 Å². The molecule has 0 fully saturated rings. The summed E-state index contributed by atoms with van der Waals surface area (Å²) in [5.41, 5.74) is 0.754. The van der Waals surface area contributed by atoms with E-state index in [2.05, 4.69) is 26.3 Å². The molecule has 1 heterocycles. The number of hydrogen-bond donors (Lipinski definition) is 1. The molecule has 0 saturated carbocycles. The molecule has 0 saturated heterocycles. The van der Waals surface area contributed by atoms with Gasteiger partial charge in [0.25, 0.3) is 5.91 Å². The van der Waals surface area contributed by atoms with Crippen molar-refractivity contribution in [1.82, 2.24) is 9.78 Å². The molecule has 1 amide bonds. The molecule has 0 radical (unpaired) electrons. The van der Waals surface area contributed by atoms with Gasteiger partial charge in [-0.25, -0.2) is 9.07 Å². The second-order valence-electron chi connectivity index (χ2n) is 4.98. The SMILES string of the molecule is N#Cc1cc(NC(=O)c2cc(Br)cc(F)c2Cl)n(-c2ccccc2)n1. The highest BCUT2D eigenvalue weighted by Crippen LogP contribution is 2.26. The van der Waals surface area contributed by atoms with E-state index in [1.165, 1.54) is 22.9 Å². The quantitative estimate of drug-likeness (QED) is 0.633. The van der Waals surface area contributed by atoms with Gasteiger partial charge in [0.15, 0.2) is 5.69 Å². The van der Waals surface area contributed by atoms with Gasteiger partial charge < -0.3 is 5.32 Å². The number of aromatic nitrogens is 2. The standard InChI is InChI=1S/C17H9BrClFN4O/c18-10-6-13(16(19)14(20)7-10)17(25)22-15-8-11(9-21)23-24(15)12-4-2-1-3-5-12/h1-8H,(H,22,25). The summed E-state index contributed by atoms with van der Waals surface area (Å²) in [5.74, 6) is -1.06. The molecule has 25 heavy (non-hydrogen) atoms. The number of amides is 1. The van der Waals surface area contributed by atoms with Crippen LogP contribution in [0.2, 0.25) is 5.02 Å². The van der Waals surface area contributed by atoms with E-state index in [1.54, 1.807) is 24.3 Å². The molecule has 0 aliphatic rings. The Morgan fingerprint density at radius 2 is 2.00 bits per heavy atom. The van der Waals surface area contributed by atoms with Crippen LogP contribution in [0.5, 0.6) is 0 Å². The predicted molar refractivity (Wildman–Crippen MR) is 95.3 cm³/mol. The zero-order chi connectivity index (χ0) is 18.0. The van der Waals surface area contributed by atoms with Crippen LogP contribution in [-0.4, -0.2) is 15.7 Å². The fourth-order valence-corrected chi connectivity index (χ4v) is 2.82. The minimum atomic E-state index is -0.713. The van der Waals surface area contributed by atoms with Crippen LogP contribution in [0.4, 0.5) is 10.2 Å². The summed E-state index contributed by atoms with van der Waals surface area (Å²) >= 11 is 9.01. The first-order valence-corrected chi connectivity index (χ1v) is 8.18. The van der Waals surface area contributed by atoms with Crippen LogP contribution in [0.1, 0.15) is 16.1 Å². The smallest absolute Gasteiger partial charge is 0.258 e. The lowest BCUT2D eigenvalue weighted by molar-refractivity contribution is 0.102. The maximum atomic E-state index is 13.7. The molecule has 0 unspecified atom stereocenters. The highest BCUT2D eigenvalue weighted by Gasteiger charge is 2.18. The fraction of sp³-hybridized carbons (Fsp3) is 0. The topological polar surface area (TPSA) is 70.7 Å². The molecule has 0 atom stereocenters. The van der Waals surface area contributed by atoms with Crippen molar-refractivity contribution in [3.05, 3.63) is 75.1 Å². The summed E-state index contributed by atoms with van der Waals surface area (Å²) in [6, 6.07) is 14.9. The summed E-state index contributed by atoms with van der Waals surface area (Å²) in [5, 5.41) is 15.5. The van der Waals surface area contributed by atoms with E-state index in [-0.39, 0.29) is 22.1 Å². The molecule has 3 aromatic rings. The minimum Gasteiger partial charge on any atom is -0.306 e. The lowest BCUT2D eigenvalue weighted by Crippen LogP contribution is -2.16. The summed E-state index contributed by atoms with van der Waals surface area (Å²) in [6.07, 6.45) is 0. The van der Waals surface area contributed by atoms with E-state index in [1.807, 2.05) is 12.1 Å². The molecule has 2 aromatic carbocycles. The third kappa shape index (κ3) is 3.55. The van der Waals surface area contributed by atoms with Gasteiger partial charge in [-0.2, -0.15) is 10.4 Å². The molecular weight excluding hydrogens is 411 g/mol. The van der Waals surface area contributed by atoms with Crippen molar-refractivity contribution in [3.63, 3.8) is 0 Å². The van der Waals surface area contributed by atoms with Gasteiger partial charge in [-0.05, 0) is 24.3 Å². The molecule has 1 aromatic heterocycles. The molecular formula is C17H9BrClFN4O. The second kappa shape index (κ2) is 7.05. The number of nitriles is 1. The number of anilines is 1. The van der Waals surface area contributed by atoms with Crippen LogP contribution in [0.25, 0.3) is 5.69 Å². The lowest BCUT2D eigenvalue weighted by atomic mass is 10.2. The summed E-state index contributed by atoms with van der Waals surface area (Å²) in [4.78, 5) is 12.5. The molecule has 5 nitrogen and oxygen atoms in total. The van der Waals surface area contributed by atoms with Gasteiger partial charge in [-0.3, -0.25) is 4.79 Å². The zero-order valence-corrected chi connectivity index (χ0v) is 14.8. The van der Waals surface area contributed by atoms with Crippen molar-refractivity contribution < 1.29 is 9.18 Å². The average Bonchev–Trinajstić information content (AvgIpc) is 3.01. The van der Waals surface area contributed by atoms with Gasteiger partial charge in [0.2, 0.25) is 0 Å². The summed E-state index contributed by atoms with van der Waals surface area (Å²) in [7, 11) is 0. The third-order valence-corrected chi connectivity index (χ3v) is 4.15. The van der Waals surface area contributed by atoms with Crippen molar-refractivity contribution in [2.45, 2.75) is 0 Å². The van der Waals surface area contributed by atoms with E-state index in [9.17, 15) is 9.18 Å². The van der Waals surface area contributed by atoms with Crippen LogP contribution in [0, 0.1) is 17.1 Å². The van der Waals surface area contributed by atoms with Crippen molar-refractivity contribution in [3.8, 4) is 11.8 Å². The maximum Gasteiger partial charge on any atom is 0.258 e. The minimum absolute atomic E-state index is 0.0344. The highest BCUT2D eigenvalue weighted by molar-refractivity contribution is 9.10. The van der Waals surface area contributed by atoms with Gasteiger partial charge in [-0.1, -0.05) is 45.7 Å². The van der Waals surface area contributed by atoms with Crippen LogP contribution in [-0.2, 0) is 0 Å². The Labute approximate surface area is 155 Å². The third-order valence-electron chi connectivity index (χ3n) is 3.30. The number of benzene rings is 2. The van der Waals surface area contributed by atoms with Crippen molar-refractivity contribution in [2.75, 3.05) is 5.32 Å². The van der Waals surface area contributed by atoms with Crippen molar-refractivity contribution >= 4 is 39.3 Å². The van der Waals surface area contributed by atoms with Crippen LogP contribution < -0.4 is 5.32 Å². The van der Waals surface area contributed by atoms with E-state index in [0.717, 1.165) is 0 Å². The number of nitrogens with one attached hydrogen (secondary N) is 1. The summed E-state index contributed by atoms with van der Waals surface area (Å²) < 4.78 is 15.5. The van der Waals surface area contributed by atoms with Gasteiger partial charge in [0.1, 0.15) is 17.7 Å². The predicted octanol–water partition coefficient (Wildman–Crippen LogP) is 4.55.